The van der Waals surface area contributed by atoms with Crippen LogP contribution in [0.15, 0.2) is 91.0 Å². The zero-order chi connectivity index (χ0) is 15.5. The predicted octanol–water partition coefficient (Wildman–Crippen LogP) is 5.40. The Kier molecular flexibility index (Phi) is 6.94. The first-order valence-electron chi connectivity index (χ1n) is 7.52. The molecular formula is C21H22O. The summed E-state index contributed by atoms with van der Waals surface area (Å²) < 4.78 is 5.61. The van der Waals surface area contributed by atoms with E-state index in [1.165, 1.54) is 16.7 Å². The molecular weight excluding hydrogens is 268 g/mol. The molecule has 22 heavy (non-hydrogen) atoms. The third-order valence-electron chi connectivity index (χ3n) is 3.16. The SMILES string of the molecule is Cc1ccccc1.c1ccc(COCc2ccccc2)cc1. The number of hydrogen-bond acceptors (Lipinski definition) is 1. The van der Waals surface area contributed by atoms with Gasteiger partial charge in [-0.1, -0.05) is 96.6 Å². The fourth-order valence-electron chi connectivity index (χ4n) is 1.97. The van der Waals surface area contributed by atoms with Gasteiger partial charge in [0.25, 0.3) is 0 Å². The Balaban J connectivity index is 0.000000211. The second-order valence-electron chi connectivity index (χ2n) is 5.12. The predicted molar refractivity (Wildman–Crippen MR) is 92.6 cm³/mol. The van der Waals surface area contributed by atoms with Crippen molar-refractivity contribution < 1.29 is 4.74 Å². The van der Waals surface area contributed by atoms with Crippen LogP contribution in [0.4, 0.5) is 0 Å². The number of rotatable bonds is 4. The molecule has 0 aliphatic heterocycles. The lowest BCUT2D eigenvalue weighted by molar-refractivity contribution is 0.107. The molecule has 0 atom stereocenters. The van der Waals surface area contributed by atoms with Gasteiger partial charge in [0.2, 0.25) is 0 Å². The highest BCUT2D eigenvalue weighted by atomic mass is 16.5. The van der Waals surface area contributed by atoms with Gasteiger partial charge < -0.3 is 4.74 Å². The van der Waals surface area contributed by atoms with Crippen molar-refractivity contribution in [3.8, 4) is 0 Å². The average molecular weight is 290 g/mol. The Bertz CT molecular complexity index is 578. The Hall–Kier alpha value is -2.38. The van der Waals surface area contributed by atoms with Crippen molar-refractivity contribution in [3.05, 3.63) is 108 Å². The Morgan fingerprint density at radius 2 is 0.909 bits per heavy atom. The fraction of sp³-hybridized carbons (Fsp3) is 0.143. The third-order valence-corrected chi connectivity index (χ3v) is 3.16. The molecule has 1 heteroatoms. The van der Waals surface area contributed by atoms with E-state index in [1.807, 2.05) is 54.6 Å². The summed E-state index contributed by atoms with van der Waals surface area (Å²) in [6.07, 6.45) is 0. The first-order valence-corrected chi connectivity index (χ1v) is 7.52. The van der Waals surface area contributed by atoms with Crippen LogP contribution in [0.3, 0.4) is 0 Å². The van der Waals surface area contributed by atoms with Gasteiger partial charge in [-0.15, -0.1) is 0 Å². The van der Waals surface area contributed by atoms with Crippen molar-refractivity contribution in [1.82, 2.24) is 0 Å². The highest BCUT2D eigenvalue weighted by Gasteiger charge is 1.93. The van der Waals surface area contributed by atoms with Crippen LogP contribution in [0.25, 0.3) is 0 Å². The van der Waals surface area contributed by atoms with E-state index in [-0.39, 0.29) is 0 Å². The molecule has 0 bridgehead atoms. The summed E-state index contributed by atoms with van der Waals surface area (Å²) in [7, 11) is 0. The molecule has 0 amide bonds. The Labute approximate surface area is 133 Å². The van der Waals surface area contributed by atoms with Gasteiger partial charge in [0.15, 0.2) is 0 Å². The van der Waals surface area contributed by atoms with Crippen LogP contribution in [0.5, 0.6) is 0 Å². The van der Waals surface area contributed by atoms with E-state index in [1.54, 1.807) is 0 Å². The lowest BCUT2D eigenvalue weighted by Gasteiger charge is -2.03. The highest BCUT2D eigenvalue weighted by molar-refractivity contribution is 5.15. The monoisotopic (exact) mass is 290 g/mol. The van der Waals surface area contributed by atoms with Gasteiger partial charge in [-0.05, 0) is 18.1 Å². The molecule has 0 spiro atoms. The van der Waals surface area contributed by atoms with E-state index in [9.17, 15) is 0 Å². The fourth-order valence-corrected chi connectivity index (χ4v) is 1.97. The molecule has 3 aromatic rings. The molecule has 0 saturated heterocycles. The molecule has 0 unspecified atom stereocenters. The summed E-state index contributed by atoms with van der Waals surface area (Å²) in [4.78, 5) is 0. The molecule has 0 N–H and O–H groups in total. The zero-order valence-corrected chi connectivity index (χ0v) is 13.0. The summed E-state index contributed by atoms with van der Waals surface area (Å²) >= 11 is 0. The van der Waals surface area contributed by atoms with Crippen LogP contribution in [0, 0.1) is 6.92 Å². The number of ether oxygens (including phenoxy) is 1. The van der Waals surface area contributed by atoms with Gasteiger partial charge in [-0.2, -0.15) is 0 Å². The number of benzene rings is 3. The summed E-state index contributed by atoms with van der Waals surface area (Å²) in [5.41, 5.74) is 3.75. The molecule has 0 aliphatic carbocycles. The second kappa shape index (κ2) is 9.54. The van der Waals surface area contributed by atoms with Crippen LogP contribution in [0.2, 0.25) is 0 Å². The van der Waals surface area contributed by atoms with Crippen molar-refractivity contribution >= 4 is 0 Å². The Morgan fingerprint density at radius 3 is 1.23 bits per heavy atom. The molecule has 0 fully saturated rings. The number of hydrogen-bond donors (Lipinski definition) is 0. The minimum Gasteiger partial charge on any atom is -0.372 e. The van der Waals surface area contributed by atoms with Crippen LogP contribution >= 0.6 is 0 Å². The van der Waals surface area contributed by atoms with Crippen molar-refractivity contribution in [2.45, 2.75) is 20.1 Å². The molecule has 0 aromatic heterocycles. The molecule has 0 saturated carbocycles. The van der Waals surface area contributed by atoms with Crippen molar-refractivity contribution in [3.63, 3.8) is 0 Å². The molecule has 3 rings (SSSR count). The van der Waals surface area contributed by atoms with Crippen molar-refractivity contribution in [2.24, 2.45) is 0 Å². The van der Waals surface area contributed by atoms with E-state index in [0.29, 0.717) is 13.2 Å². The maximum atomic E-state index is 5.61. The first-order chi connectivity index (χ1) is 10.8. The quantitative estimate of drug-likeness (QED) is 0.625. The van der Waals surface area contributed by atoms with E-state index in [2.05, 4.69) is 43.3 Å². The van der Waals surface area contributed by atoms with Gasteiger partial charge in [0.1, 0.15) is 0 Å². The van der Waals surface area contributed by atoms with E-state index in [0.717, 1.165) is 0 Å². The summed E-state index contributed by atoms with van der Waals surface area (Å²) in [5, 5.41) is 0. The Morgan fingerprint density at radius 1 is 0.545 bits per heavy atom. The molecule has 0 heterocycles. The lowest BCUT2D eigenvalue weighted by atomic mass is 10.2. The lowest BCUT2D eigenvalue weighted by Crippen LogP contribution is -1.93. The van der Waals surface area contributed by atoms with Gasteiger partial charge in [-0.25, -0.2) is 0 Å². The third kappa shape index (κ3) is 6.38. The first kappa shape index (κ1) is 16.0. The normalized spacial score (nSPS) is 9.68. The van der Waals surface area contributed by atoms with Crippen molar-refractivity contribution in [2.75, 3.05) is 0 Å². The topological polar surface area (TPSA) is 9.23 Å². The van der Waals surface area contributed by atoms with Crippen LogP contribution in [-0.2, 0) is 18.0 Å². The maximum absolute atomic E-state index is 5.61. The minimum atomic E-state index is 0.676. The van der Waals surface area contributed by atoms with Gasteiger partial charge in [-0.3, -0.25) is 0 Å². The minimum absolute atomic E-state index is 0.676. The molecule has 112 valence electrons. The van der Waals surface area contributed by atoms with Gasteiger partial charge >= 0.3 is 0 Å². The van der Waals surface area contributed by atoms with Gasteiger partial charge in [0, 0.05) is 0 Å². The summed E-state index contributed by atoms with van der Waals surface area (Å²) in [6.45, 7) is 3.44. The molecule has 3 aromatic carbocycles. The molecule has 0 radical (unpaired) electrons. The largest absolute Gasteiger partial charge is 0.372 e. The maximum Gasteiger partial charge on any atom is 0.0721 e. The summed E-state index contributed by atoms with van der Waals surface area (Å²) in [5.74, 6) is 0. The van der Waals surface area contributed by atoms with E-state index >= 15 is 0 Å². The smallest absolute Gasteiger partial charge is 0.0721 e. The molecule has 1 nitrogen and oxygen atoms in total. The van der Waals surface area contributed by atoms with Crippen LogP contribution in [0.1, 0.15) is 16.7 Å². The number of aryl methyl sites for hydroxylation is 1. The van der Waals surface area contributed by atoms with Gasteiger partial charge in [0.05, 0.1) is 13.2 Å². The van der Waals surface area contributed by atoms with E-state index in [4.69, 9.17) is 4.74 Å². The molecule has 0 aliphatic rings. The van der Waals surface area contributed by atoms with Crippen LogP contribution < -0.4 is 0 Å². The van der Waals surface area contributed by atoms with Crippen molar-refractivity contribution in [1.29, 1.82) is 0 Å². The average Bonchev–Trinajstić information content (AvgIpc) is 2.58. The second-order valence-corrected chi connectivity index (χ2v) is 5.12. The van der Waals surface area contributed by atoms with Crippen LogP contribution in [-0.4, -0.2) is 0 Å². The van der Waals surface area contributed by atoms with E-state index < -0.39 is 0 Å². The zero-order valence-electron chi connectivity index (χ0n) is 13.0. The standard InChI is InChI=1S/C14H14O.C7H8/c1-3-7-13(8-4-1)11-15-12-14-9-5-2-6-10-14;1-7-5-3-2-4-6-7/h1-10H,11-12H2;2-6H,1H3. The highest BCUT2D eigenvalue weighted by Crippen LogP contribution is 2.05. The summed E-state index contributed by atoms with van der Waals surface area (Å²) in [6, 6.07) is 30.7.